The molecule has 278 valence electrons. The Bertz CT molecular complexity index is 1690. The molecule has 0 saturated heterocycles. The third kappa shape index (κ3) is 14.1. The summed E-state index contributed by atoms with van der Waals surface area (Å²) in [6, 6.07) is 16.4. The summed E-state index contributed by atoms with van der Waals surface area (Å²) in [7, 11) is 0. The number of nitro benzene ring substituents is 1. The normalized spacial score (nSPS) is 11.6. The first kappa shape index (κ1) is 41.1. The molecule has 0 aliphatic heterocycles. The maximum Gasteiger partial charge on any atom is 0.346 e. The van der Waals surface area contributed by atoms with Gasteiger partial charge in [0.1, 0.15) is 5.75 Å². The van der Waals surface area contributed by atoms with Crippen LogP contribution in [0, 0.1) is 10.1 Å². The van der Waals surface area contributed by atoms with Crippen molar-refractivity contribution < 1.29 is 37.9 Å². The van der Waals surface area contributed by atoms with Gasteiger partial charge in [-0.2, -0.15) is 0 Å². The second kappa shape index (κ2) is 21.8. The van der Waals surface area contributed by atoms with E-state index < -0.39 is 34.5 Å². The summed E-state index contributed by atoms with van der Waals surface area (Å²) in [4.78, 5) is 47.1. The van der Waals surface area contributed by atoms with Gasteiger partial charge in [0, 0.05) is 29.0 Å². The van der Waals surface area contributed by atoms with Crippen molar-refractivity contribution in [3.8, 4) is 11.5 Å². The molecule has 0 amide bonds. The molecule has 1 atom stereocenters. The molecule has 0 fully saturated rings. The molecule has 52 heavy (non-hydrogen) atoms. The highest BCUT2D eigenvalue weighted by atomic mass is 19.1. The van der Waals surface area contributed by atoms with Crippen molar-refractivity contribution in [1.82, 2.24) is 0 Å². The number of unbranched alkanes of at least 4 members (excludes halogenated alkanes) is 8. The third-order valence-electron chi connectivity index (χ3n) is 8.32. The van der Waals surface area contributed by atoms with E-state index in [1.54, 1.807) is 55.5 Å². The SMILES string of the molecule is C=C(C)C(=O)OCCCCCCCCCCc1ccc(C(=O)Oc2ccc(C=Cc3cc([N+](=O)[O-])c(OC(=O)C(F)CCCC)cc3N)cc2)cc1. The van der Waals surface area contributed by atoms with Crippen molar-refractivity contribution >= 4 is 41.4 Å². The monoisotopic (exact) mass is 716 g/mol. The molecule has 0 spiro atoms. The molecular weight excluding hydrogens is 667 g/mol. The summed E-state index contributed by atoms with van der Waals surface area (Å²) < 4.78 is 29.7. The standard InChI is InChI=1S/C41H49FN2O8/c1-4-5-15-35(42)41(47)52-38-28-36(43)33(27-37(38)44(48)49)23-18-31-19-24-34(25-20-31)51-40(46)32-21-16-30(17-22-32)14-12-10-8-6-7-9-11-13-26-50-39(45)29(2)3/h16-25,27-28,35H,2,4-15,26,43H2,1,3H3. The van der Waals surface area contributed by atoms with Gasteiger partial charge in [-0.05, 0) is 68.0 Å². The largest absolute Gasteiger partial charge is 0.462 e. The number of rotatable bonds is 22. The number of hydrogen-bond acceptors (Lipinski definition) is 9. The topological polar surface area (TPSA) is 148 Å². The molecule has 1 unspecified atom stereocenters. The van der Waals surface area contributed by atoms with Crippen molar-refractivity contribution in [3.05, 3.63) is 105 Å². The Kier molecular flexibility index (Phi) is 17.2. The lowest BCUT2D eigenvalue weighted by atomic mass is 10.0. The van der Waals surface area contributed by atoms with Crippen LogP contribution in [-0.2, 0) is 20.7 Å². The number of carbonyl (C=O) groups excluding carboxylic acids is 3. The fraction of sp³-hybridized carbons (Fsp3) is 0.390. The van der Waals surface area contributed by atoms with Gasteiger partial charge in [-0.3, -0.25) is 10.1 Å². The van der Waals surface area contributed by atoms with Gasteiger partial charge in [0.05, 0.1) is 17.1 Å². The number of nitrogens with two attached hydrogens (primary N) is 1. The highest BCUT2D eigenvalue weighted by Gasteiger charge is 2.25. The van der Waals surface area contributed by atoms with E-state index in [-0.39, 0.29) is 18.1 Å². The maximum atomic E-state index is 14.1. The zero-order chi connectivity index (χ0) is 37.9. The molecule has 0 aliphatic carbocycles. The number of alkyl halides is 1. The Morgan fingerprint density at radius 2 is 1.52 bits per heavy atom. The van der Waals surface area contributed by atoms with Gasteiger partial charge in [-0.25, -0.2) is 18.8 Å². The number of nitrogen functional groups attached to an aromatic ring is 1. The fourth-order valence-electron chi connectivity index (χ4n) is 5.23. The molecule has 2 N–H and O–H groups in total. The van der Waals surface area contributed by atoms with Crippen molar-refractivity contribution in [2.24, 2.45) is 0 Å². The van der Waals surface area contributed by atoms with Crippen molar-refractivity contribution in [2.45, 2.75) is 97.1 Å². The molecular formula is C41H49FN2O8. The number of benzene rings is 3. The predicted octanol–water partition coefficient (Wildman–Crippen LogP) is 9.78. The maximum absolute atomic E-state index is 14.1. The van der Waals surface area contributed by atoms with Crippen LogP contribution in [0.4, 0.5) is 15.8 Å². The second-order valence-electron chi connectivity index (χ2n) is 12.7. The minimum atomic E-state index is -1.89. The van der Waals surface area contributed by atoms with Gasteiger partial charge >= 0.3 is 23.6 Å². The average Bonchev–Trinajstić information content (AvgIpc) is 3.12. The van der Waals surface area contributed by atoms with Crippen LogP contribution in [0.5, 0.6) is 11.5 Å². The number of nitro groups is 1. The van der Waals surface area contributed by atoms with E-state index in [0.717, 1.165) is 56.2 Å². The summed E-state index contributed by atoms with van der Waals surface area (Å²) in [5.41, 5.74) is 8.70. The Morgan fingerprint density at radius 1 is 0.885 bits per heavy atom. The van der Waals surface area contributed by atoms with E-state index >= 15 is 0 Å². The summed E-state index contributed by atoms with van der Waals surface area (Å²) in [6.07, 6.45) is 12.2. The van der Waals surface area contributed by atoms with E-state index in [2.05, 4.69) is 6.58 Å². The quantitative estimate of drug-likeness (QED) is 0.0157. The van der Waals surface area contributed by atoms with Crippen LogP contribution in [0.25, 0.3) is 12.2 Å². The van der Waals surface area contributed by atoms with Crippen molar-refractivity contribution in [2.75, 3.05) is 12.3 Å². The predicted molar refractivity (Wildman–Crippen MR) is 201 cm³/mol. The van der Waals surface area contributed by atoms with Gasteiger partial charge in [-0.1, -0.05) is 101 Å². The molecule has 11 heteroatoms. The lowest BCUT2D eigenvalue weighted by Gasteiger charge is -2.10. The zero-order valence-corrected chi connectivity index (χ0v) is 30.1. The smallest absolute Gasteiger partial charge is 0.346 e. The number of anilines is 1. The van der Waals surface area contributed by atoms with Crippen molar-refractivity contribution in [3.63, 3.8) is 0 Å². The van der Waals surface area contributed by atoms with E-state index in [1.807, 2.05) is 19.1 Å². The van der Waals surface area contributed by atoms with E-state index in [9.17, 15) is 28.9 Å². The van der Waals surface area contributed by atoms with Crippen LogP contribution in [0.1, 0.15) is 112 Å². The molecule has 0 heterocycles. The average molecular weight is 717 g/mol. The van der Waals surface area contributed by atoms with Crippen LogP contribution in [0.2, 0.25) is 0 Å². The van der Waals surface area contributed by atoms with E-state index in [4.69, 9.17) is 19.9 Å². The number of hydrogen-bond donors (Lipinski definition) is 1. The number of esters is 3. The van der Waals surface area contributed by atoms with Gasteiger partial charge in [0.15, 0.2) is 6.17 Å². The van der Waals surface area contributed by atoms with Crippen LogP contribution in [0.3, 0.4) is 0 Å². The first-order valence-electron chi connectivity index (χ1n) is 17.8. The van der Waals surface area contributed by atoms with E-state index in [1.165, 1.54) is 19.3 Å². The third-order valence-corrected chi connectivity index (χ3v) is 8.32. The zero-order valence-electron chi connectivity index (χ0n) is 30.1. The lowest BCUT2D eigenvalue weighted by Crippen LogP contribution is -2.22. The molecule has 0 saturated carbocycles. The summed E-state index contributed by atoms with van der Waals surface area (Å²) in [6.45, 7) is 7.53. The molecule has 0 radical (unpaired) electrons. The van der Waals surface area contributed by atoms with Crippen molar-refractivity contribution in [1.29, 1.82) is 0 Å². The van der Waals surface area contributed by atoms with Crippen LogP contribution in [0.15, 0.2) is 72.8 Å². The second-order valence-corrected chi connectivity index (χ2v) is 12.7. The highest BCUT2D eigenvalue weighted by Crippen LogP contribution is 2.34. The minimum Gasteiger partial charge on any atom is -0.462 e. The Balaban J connectivity index is 1.42. The number of carbonyl (C=O) groups is 3. The number of aryl methyl sites for hydroxylation is 1. The molecule has 0 aromatic heterocycles. The van der Waals surface area contributed by atoms with Crippen LogP contribution >= 0.6 is 0 Å². The molecule has 0 bridgehead atoms. The Labute approximate surface area is 305 Å². The molecule has 3 aromatic rings. The first-order chi connectivity index (χ1) is 25.0. The summed E-state index contributed by atoms with van der Waals surface area (Å²) >= 11 is 0. The number of ether oxygens (including phenoxy) is 3. The van der Waals surface area contributed by atoms with Gasteiger partial charge in [0.2, 0.25) is 5.75 Å². The lowest BCUT2D eigenvalue weighted by molar-refractivity contribution is -0.385. The van der Waals surface area contributed by atoms with Crippen LogP contribution in [-0.4, -0.2) is 35.6 Å². The Morgan fingerprint density at radius 3 is 2.13 bits per heavy atom. The van der Waals surface area contributed by atoms with Gasteiger partial charge in [-0.15, -0.1) is 0 Å². The van der Waals surface area contributed by atoms with Gasteiger partial charge < -0.3 is 19.9 Å². The summed E-state index contributed by atoms with van der Waals surface area (Å²) in [5.74, 6) is -2.06. The number of nitrogens with zero attached hydrogens (tertiary/aromatic N) is 1. The minimum absolute atomic E-state index is 0.0325. The van der Waals surface area contributed by atoms with Crippen LogP contribution < -0.4 is 15.2 Å². The molecule has 10 nitrogen and oxygen atoms in total. The first-order valence-corrected chi connectivity index (χ1v) is 17.8. The van der Waals surface area contributed by atoms with E-state index in [0.29, 0.717) is 47.5 Å². The highest BCUT2D eigenvalue weighted by molar-refractivity contribution is 5.91. The molecule has 3 rings (SSSR count). The molecule has 0 aliphatic rings. The molecule has 3 aromatic carbocycles. The number of halogens is 1. The fourth-order valence-corrected chi connectivity index (χ4v) is 5.23. The van der Waals surface area contributed by atoms with Gasteiger partial charge in [0.25, 0.3) is 0 Å². The summed E-state index contributed by atoms with van der Waals surface area (Å²) in [5, 5.41) is 11.7. The Hall–Kier alpha value is -5.32.